The van der Waals surface area contributed by atoms with Crippen molar-refractivity contribution in [3.05, 3.63) is 11.9 Å². The molecule has 0 spiro atoms. The van der Waals surface area contributed by atoms with Gasteiger partial charge in [0.05, 0.1) is 11.9 Å². The molecule has 1 heterocycles. The number of amides is 1. The minimum Gasteiger partial charge on any atom is -0.396 e. The van der Waals surface area contributed by atoms with Crippen LogP contribution < -0.4 is 11.1 Å². The van der Waals surface area contributed by atoms with Crippen LogP contribution in [0.3, 0.4) is 0 Å². The molecule has 5 nitrogen and oxygen atoms in total. The molecule has 5 heteroatoms. The molecule has 0 unspecified atom stereocenters. The lowest BCUT2D eigenvalue weighted by Crippen LogP contribution is -2.42. The Hall–Kier alpha value is -1.52. The highest BCUT2D eigenvalue weighted by Crippen LogP contribution is 2.43. The lowest BCUT2D eigenvalue weighted by molar-refractivity contribution is 0.0841. The molecule has 0 saturated heterocycles. The zero-order valence-corrected chi connectivity index (χ0v) is 11.2. The highest BCUT2D eigenvalue weighted by Gasteiger charge is 2.35. The predicted octanol–water partition coefficient (Wildman–Crippen LogP) is 1.80. The molecule has 1 aliphatic carbocycles. The molecule has 1 saturated carbocycles. The number of nitrogens with one attached hydrogen (secondary N) is 1. The first-order valence-corrected chi connectivity index (χ1v) is 6.71. The molecular formula is C13H22N4O. The maximum Gasteiger partial charge on any atom is 0.271 e. The molecule has 0 radical (unpaired) electrons. The Morgan fingerprint density at radius 1 is 1.56 bits per heavy atom. The third-order valence-corrected chi connectivity index (χ3v) is 4.17. The predicted molar refractivity (Wildman–Crippen MR) is 71.2 cm³/mol. The van der Waals surface area contributed by atoms with Crippen molar-refractivity contribution in [2.24, 2.45) is 5.41 Å². The molecule has 1 aromatic heterocycles. The zero-order valence-electron chi connectivity index (χ0n) is 11.2. The van der Waals surface area contributed by atoms with Gasteiger partial charge in [0, 0.05) is 13.1 Å². The van der Waals surface area contributed by atoms with Crippen LogP contribution in [0.5, 0.6) is 0 Å². The van der Waals surface area contributed by atoms with E-state index in [4.69, 9.17) is 5.73 Å². The monoisotopic (exact) mass is 250 g/mol. The number of anilines is 1. The van der Waals surface area contributed by atoms with Crippen LogP contribution in [0.4, 0.5) is 5.69 Å². The second kappa shape index (κ2) is 5.00. The Balaban J connectivity index is 2.01. The summed E-state index contributed by atoms with van der Waals surface area (Å²) in [6.07, 6.45) is 6.37. The van der Waals surface area contributed by atoms with Gasteiger partial charge in [0.25, 0.3) is 5.91 Å². The van der Waals surface area contributed by atoms with Gasteiger partial charge in [-0.1, -0.05) is 13.3 Å². The van der Waals surface area contributed by atoms with Crippen molar-refractivity contribution in [1.82, 2.24) is 15.1 Å². The van der Waals surface area contributed by atoms with Crippen LogP contribution >= 0.6 is 0 Å². The first-order chi connectivity index (χ1) is 8.62. The zero-order chi connectivity index (χ0) is 13.2. The highest BCUT2D eigenvalue weighted by molar-refractivity contribution is 5.97. The van der Waals surface area contributed by atoms with Gasteiger partial charge in [-0.05, 0) is 31.6 Å². The van der Waals surface area contributed by atoms with Gasteiger partial charge >= 0.3 is 0 Å². The molecule has 1 aliphatic rings. The fourth-order valence-electron chi connectivity index (χ4n) is 2.57. The average molecular weight is 250 g/mol. The maximum atomic E-state index is 12.2. The van der Waals surface area contributed by atoms with Crippen molar-refractivity contribution < 1.29 is 4.79 Å². The van der Waals surface area contributed by atoms with E-state index in [0.717, 1.165) is 13.0 Å². The summed E-state index contributed by atoms with van der Waals surface area (Å²) < 4.78 is 1.64. The molecule has 100 valence electrons. The summed E-state index contributed by atoms with van der Waals surface area (Å²) in [6.45, 7) is 5.54. The Bertz CT molecular complexity index is 429. The molecule has 0 aliphatic heterocycles. The Morgan fingerprint density at radius 2 is 2.28 bits per heavy atom. The van der Waals surface area contributed by atoms with E-state index in [2.05, 4.69) is 17.3 Å². The normalized spacial score (nSPS) is 17.2. The van der Waals surface area contributed by atoms with Gasteiger partial charge in [0.15, 0.2) is 0 Å². The van der Waals surface area contributed by atoms with Crippen LogP contribution in [0.1, 0.15) is 50.0 Å². The summed E-state index contributed by atoms with van der Waals surface area (Å²) in [5, 5.41) is 7.10. The molecule has 0 aromatic carbocycles. The second-order valence-corrected chi connectivity index (χ2v) is 5.15. The largest absolute Gasteiger partial charge is 0.396 e. The van der Waals surface area contributed by atoms with Crippen LogP contribution in [0.2, 0.25) is 0 Å². The smallest absolute Gasteiger partial charge is 0.271 e. The first kappa shape index (κ1) is 12.9. The van der Waals surface area contributed by atoms with E-state index in [-0.39, 0.29) is 5.91 Å². The van der Waals surface area contributed by atoms with Gasteiger partial charge in [-0.2, -0.15) is 5.10 Å². The Labute approximate surface area is 108 Å². The first-order valence-electron chi connectivity index (χ1n) is 6.71. The van der Waals surface area contributed by atoms with E-state index in [1.54, 1.807) is 4.68 Å². The highest BCUT2D eigenvalue weighted by atomic mass is 16.2. The number of aryl methyl sites for hydroxylation is 1. The number of carbonyl (C=O) groups is 1. The van der Waals surface area contributed by atoms with E-state index in [1.807, 2.05) is 6.92 Å². The third-order valence-electron chi connectivity index (χ3n) is 4.17. The van der Waals surface area contributed by atoms with Crippen molar-refractivity contribution >= 4 is 11.6 Å². The molecule has 1 amide bonds. The van der Waals surface area contributed by atoms with Gasteiger partial charge in [0.2, 0.25) is 0 Å². The van der Waals surface area contributed by atoms with Crippen molar-refractivity contribution in [1.29, 1.82) is 0 Å². The van der Waals surface area contributed by atoms with E-state index in [1.165, 1.54) is 25.5 Å². The summed E-state index contributed by atoms with van der Waals surface area (Å²) in [7, 11) is 0. The van der Waals surface area contributed by atoms with E-state index in [9.17, 15) is 4.79 Å². The van der Waals surface area contributed by atoms with E-state index < -0.39 is 0 Å². The SMILES string of the molecule is CCn1ncc(N)c1C(=O)NCC1(CC)CCC1. The molecule has 3 N–H and O–H groups in total. The fourth-order valence-corrected chi connectivity index (χ4v) is 2.57. The number of nitrogens with zero attached hydrogens (tertiary/aromatic N) is 2. The van der Waals surface area contributed by atoms with E-state index >= 15 is 0 Å². The van der Waals surface area contributed by atoms with Crippen molar-refractivity contribution in [2.45, 2.75) is 46.1 Å². The molecule has 2 rings (SSSR count). The molecule has 1 aromatic rings. The number of aromatic nitrogens is 2. The van der Waals surface area contributed by atoms with Crippen molar-refractivity contribution in [3.63, 3.8) is 0 Å². The fraction of sp³-hybridized carbons (Fsp3) is 0.692. The van der Waals surface area contributed by atoms with Crippen LogP contribution in [-0.4, -0.2) is 22.2 Å². The van der Waals surface area contributed by atoms with Crippen LogP contribution in [-0.2, 0) is 6.54 Å². The minimum atomic E-state index is -0.105. The van der Waals surface area contributed by atoms with Gasteiger partial charge in [0.1, 0.15) is 5.69 Å². The number of carbonyl (C=O) groups excluding carboxylic acids is 1. The number of hydrogen-bond acceptors (Lipinski definition) is 3. The minimum absolute atomic E-state index is 0.105. The van der Waals surface area contributed by atoms with E-state index in [0.29, 0.717) is 23.3 Å². The third kappa shape index (κ3) is 2.21. The van der Waals surface area contributed by atoms with Gasteiger partial charge < -0.3 is 11.1 Å². The second-order valence-electron chi connectivity index (χ2n) is 5.15. The van der Waals surface area contributed by atoms with Crippen molar-refractivity contribution in [3.8, 4) is 0 Å². The average Bonchev–Trinajstić information content (AvgIpc) is 2.69. The number of nitrogens with two attached hydrogens (primary N) is 1. The van der Waals surface area contributed by atoms with Crippen LogP contribution in [0.15, 0.2) is 6.20 Å². The quantitative estimate of drug-likeness (QED) is 0.837. The summed E-state index contributed by atoms with van der Waals surface area (Å²) in [6, 6.07) is 0. The molecule has 0 atom stereocenters. The number of hydrogen-bond donors (Lipinski definition) is 2. The standard InChI is InChI=1S/C13H22N4O/c1-3-13(6-5-7-13)9-15-12(18)11-10(14)8-16-17(11)4-2/h8H,3-7,9,14H2,1-2H3,(H,15,18). The Morgan fingerprint density at radius 3 is 2.78 bits per heavy atom. The topological polar surface area (TPSA) is 72.9 Å². The summed E-state index contributed by atoms with van der Waals surface area (Å²) in [5.74, 6) is -0.105. The molecule has 0 bridgehead atoms. The van der Waals surface area contributed by atoms with Gasteiger partial charge in [-0.3, -0.25) is 9.48 Å². The summed E-state index contributed by atoms with van der Waals surface area (Å²) in [5.41, 5.74) is 7.05. The van der Waals surface area contributed by atoms with Crippen molar-refractivity contribution in [2.75, 3.05) is 12.3 Å². The maximum absolute atomic E-state index is 12.2. The molecule has 1 fully saturated rings. The lowest BCUT2D eigenvalue weighted by Gasteiger charge is -2.41. The van der Waals surface area contributed by atoms with Crippen LogP contribution in [0, 0.1) is 5.41 Å². The molecular weight excluding hydrogens is 228 g/mol. The summed E-state index contributed by atoms with van der Waals surface area (Å²) >= 11 is 0. The van der Waals surface area contributed by atoms with Gasteiger partial charge in [-0.15, -0.1) is 0 Å². The summed E-state index contributed by atoms with van der Waals surface area (Å²) in [4.78, 5) is 12.2. The van der Waals surface area contributed by atoms with Gasteiger partial charge in [-0.25, -0.2) is 0 Å². The lowest BCUT2D eigenvalue weighted by atomic mass is 9.67. The Kier molecular flexibility index (Phi) is 3.59. The molecule has 18 heavy (non-hydrogen) atoms. The number of nitrogen functional groups attached to an aromatic ring is 1. The van der Waals surface area contributed by atoms with Crippen LogP contribution in [0.25, 0.3) is 0 Å². The number of rotatable bonds is 5.